The first-order valence-electron chi connectivity index (χ1n) is 5.15. The van der Waals surface area contributed by atoms with Crippen molar-refractivity contribution in [2.24, 2.45) is 0 Å². The standard InChI is InChI=1S/C12H15NO2S/c1-12(2)7-16-10-5-4-8(11(14)15-3)6-9(10)13-12/h4-6,13H,7H2,1-3H3. The first kappa shape index (κ1) is 11.3. The van der Waals surface area contributed by atoms with Gasteiger partial charge in [0.15, 0.2) is 0 Å². The normalized spacial score (nSPS) is 17.2. The number of methoxy groups -OCH3 is 1. The molecule has 1 aromatic rings. The van der Waals surface area contributed by atoms with Gasteiger partial charge in [0.2, 0.25) is 0 Å². The quantitative estimate of drug-likeness (QED) is 0.762. The summed E-state index contributed by atoms with van der Waals surface area (Å²) >= 11 is 1.81. The number of esters is 1. The highest BCUT2D eigenvalue weighted by Gasteiger charge is 2.25. The summed E-state index contributed by atoms with van der Waals surface area (Å²) in [5.41, 5.74) is 1.67. The zero-order valence-corrected chi connectivity index (χ0v) is 10.5. The number of carbonyl (C=O) groups excluding carboxylic acids is 1. The van der Waals surface area contributed by atoms with Crippen LogP contribution in [0.3, 0.4) is 0 Å². The maximum atomic E-state index is 11.4. The molecule has 0 radical (unpaired) electrons. The molecule has 1 N–H and O–H groups in total. The van der Waals surface area contributed by atoms with Crippen molar-refractivity contribution in [3.8, 4) is 0 Å². The SMILES string of the molecule is COC(=O)c1ccc2c(c1)NC(C)(C)CS2. The Kier molecular flexibility index (Phi) is 2.84. The Hall–Kier alpha value is -1.16. The van der Waals surface area contributed by atoms with Crippen LogP contribution in [0.25, 0.3) is 0 Å². The molecule has 0 fully saturated rings. The van der Waals surface area contributed by atoms with Gasteiger partial charge in [-0.1, -0.05) is 0 Å². The number of carbonyl (C=O) groups is 1. The van der Waals surface area contributed by atoms with E-state index >= 15 is 0 Å². The Labute approximate surface area is 99.6 Å². The van der Waals surface area contributed by atoms with Crippen LogP contribution in [0.15, 0.2) is 23.1 Å². The van der Waals surface area contributed by atoms with Crippen LogP contribution in [-0.2, 0) is 4.74 Å². The van der Waals surface area contributed by atoms with Crippen molar-refractivity contribution < 1.29 is 9.53 Å². The summed E-state index contributed by atoms with van der Waals surface area (Å²) in [6.45, 7) is 4.29. The zero-order valence-electron chi connectivity index (χ0n) is 9.66. The predicted octanol–water partition coefficient (Wildman–Crippen LogP) is 2.77. The van der Waals surface area contributed by atoms with Crippen LogP contribution in [0.4, 0.5) is 5.69 Å². The third-order valence-electron chi connectivity index (χ3n) is 2.46. The molecule has 0 aromatic heterocycles. The lowest BCUT2D eigenvalue weighted by molar-refractivity contribution is 0.0600. The van der Waals surface area contributed by atoms with Crippen molar-refractivity contribution in [3.05, 3.63) is 23.8 Å². The fourth-order valence-corrected chi connectivity index (χ4v) is 2.68. The van der Waals surface area contributed by atoms with Gasteiger partial charge in [-0.05, 0) is 32.0 Å². The number of anilines is 1. The summed E-state index contributed by atoms with van der Waals surface area (Å²) in [6, 6.07) is 5.63. The Morgan fingerprint density at radius 2 is 2.25 bits per heavy atom. The Morgan fingerprint density at radius 1 is 1.50 bits per heavy atom. The fraction of sp³-hybridized carbons (Fsp3) is 0.417. The molecule has 0 saturated heterocycles. The molecule has 1 aromatic carbocycles. The van der Waals surface area contributed by atoms with Crippen molar-refractivity contribution in [2.45, 2.75) is 24.3 Å². The van der Waals surface area contributed by atoms with Crippen LogP contribution in [0.2, 0.25) is 0 Å². The number of rotatable bonds is 1. The van der Waals surface area contributed by atoms with E-state index in [-0.39, 0.29) is 11.5 Å². The summed E-state index contributed by atoms with van der Waals surface area (Å²) in [7, 11) is 1.40. The molecule has 0 bridgehead atoms. The van der Waals surface area contributed by atoms with E-state index in [0.717, 1.165) is 11.4 Å². The molecule has 0 amide bonds. The number of thioether (sulfide) groups is 1. The highest BCUT2D eigenvalue weighted by Crippen LogP contribution is 2.37. The van der Waals surface area contributed by atoms with Crippen molar-refractivity contribution in [2.75, 3.05) is 18.2 Å². The van der Waals surface area contributed by atoms with Crippen molar-refractivity contribution in [1.29, 1.82) is 0 Å². The van der Waals surface area contributed by atoms with Gasteiger partial charge in [-0.3, -0.25) is 0 Å². The molecule has 16 heavy (non-hydrogen) atoms. The highest BCUT2D eigenvalue weighted by atomic mass is 32.2. The largest absolute Gasteiger partial charge is 0.465 e. The smallest absolute Gasteiger partial charge is 0.337 e. The maximum absolute atomic E-state index is 11.4. The second-order valence-electron chi connectivity index (χ2n) is 4.50. The van der Waals surface area contributed by atoms with E-state index in [1.807, 2.05) is 23.9 Å². The molecule has 3 nitrogen and oxygen atoms in total. The lowest BCUT2D eigenvalue weighted by atomic mass is 10.1. The van der Waals surface area contributed by atoms with Crippen LogP contribution in [0, 0.1) is 0 Å². The summed E-state index contributed by atoms with van der Waals surface area (Å²) in [5, 5.41) is 3.43. The molecule has 1 heterocycles. The van der Waals surface area contributed by atoms with Gasteiger partial charge in [-0.15, -0.1) is 11.8 Å². The van der Waals surface area contributed by atoms with E-state index in [9.17, 15) is 4.79 Å². The van der Waals surface area contributed by atoms with Gasteiger partial charge in [0, 0.05) is 21.9 Å². The fourth-order valence-electron chi connectivity index (χ4n) is 1.66. The van der Waals surface area contributed by atoms with E-state index in [1.54, 1.807) is 6.07 Å². The predicted molar refractivity (Wildman–Crippen MR) is 66.2 cm³/mol. The molecule has 2 rings (SSSR count). The average Bonchev–Trinajstić information content (AvgIpc) is 2.25. The number of benzene rings is 1. The second-order valence-corrected chi connectivity index (χ2v) is 5.52. The number of nitrogens with one attached hydrogen (secondary N) is 1. The average molecular weight is 237 g/mol. The van der Waals surface area contributed by atoms with Crippen molar-refractivity contribution in [3.63, 3.8) is 0 Å². The highest BCUT2D eigenvalue weighted by molar-refractivity contribution is 7.99. The van der Waals surface area contributed by atoms with Gasteiger partial charge in [0.25, 0.3) is 0 Å². The van der Waals surface area contributed by atoms with Crippen LogP contribution in [-0.4, -0.2) is 24.4 Å². The first-order valence-corrected chi connectivity index (χ1v) is 6.14. The van der Waals surface area contributed by atoms with E-state index in [0.29, 0.717) is 5.56 Å². The van der Waals surface area contributed by atoms with Crippen LogP contribution < -0.4 is 5.32 Å². The van der Waals surface area contributed by atoms with Crippen LogP contribution in [0.5, 0.6) is 0 Å². The molecular weight excluding hydrogens is 222 g/mol. The molecule has 1 aliphatic rings. The number of ether oxygens (including phenoxy) is 1. The number of hydrogen-bond acceptors (Lipinski definition) is 4. The van der Waals surface area contributed by atoms with Gasteiger partial charge in [0.1, 0.15) is 0 Å². The van der Waals surface area contributed by atoms with Gasteiger partial charge >= 0.3 is 5.97 Å². The first-order chi connectivity index (χ1) is 7.52. The third kappa shape index (κ3) is 2.16. The molecule has 0 atom stereocenters. The summed E-state index contributed by atoms with van der Waals surface area (Å²) < 4.78 is 4.71. The summed E-state index contributed by atoms with van der Waals surface area (Å²) in [5.74, 6) is 0.732. The van der Waals surface area contributed by atoms with Gasteiger partial charge < -0.3 is 10.1 Å². The second kappa shape index (κ2) is 4.01. The van der Waals surface area contributed by atoms with E-state index in [1.165, 1.54) is 12.0 Å². The third-order valence-corrected chi connectivity index (χ3v) is 4.00. The van der Waals surface area contributed by atoms with Crippen LogP contribution >= 0.6 is 11.8 Å². The zero-order chi connectivity index (χ0) is 11.8. The van der Waals surface area contributed by atoms with E-state index < -0.39 is 0 Å². The molecule has 1 aliphatic heterocycles. The summed E-state index contributed by atoms with van der Waals surface area (Å²) in [4.78, 5) is 12.6. The Bertz CT molecular complexity index is 429. The van der Waals surface area contributed by atoms with E-state index in [4.69, 9.17) is 4.74 Å². The molecule has 86 valence electrons. The lowest BCUT2D eigenvalue weighted by Crippen LogP contribution is -2.36. The minimum Gasteiger partial charge on any atom is -0.465 e. The molecular formula is C12H15NO2S. The number of fused-ring (bicyclic) bond motifs is 1. The topological polar surface area (TPSA) is 38.3 Å². The Balaban J connectivity index is 2.34. The van der Waals surface area contributed by atoms with Gasteiger partial charge in [-0.2, -0.15) is 0 Å². The molecule has 4 heteroatoms. The molecule has 0 aliphatic carbocycles. The number of hydrogen-bond donors (Lipinski definition) is 1. The summed E-state index contributed by atoms with van der Waals surface area (Å²) in [6.07, 6.45) is 0. The Morgan fingerprint density at radius 3 is 2.94 bits per heavy atom. The lowest BCUT2D eigenvalue weighted by Gasteiger charge is -2.33. The maximum Gasteiger partial charge on any atom is 0.337 e. The molecule has 0 spiro atoms. The minimum atomic E-state index is -0.294. The van der Waals surface area contributed by atoms with Gasteiger partial charge in [0.05, 0.1) is 12.7 Å². The molecule has 0 saturated carbocycles. The van der Waals surface area contributed by atoms with Crippen molar-refractivity contribution in [1.82, 2.24) is 0 Å². The minimum absolute atomic E-state index is 0.0619. The van der Waals surface area contributed by atoms with Crippen LogP contribution in [0.1, 0.15) is 24.2 Å². The monoisotopic (exact) mass is 237 g/mol. The van der Waals surface area contributed by atoms with Crippen molar-refractivity contribution >= 4 is 23.4 Å². The van der Waals surface area contributed by atoms with E-state index in [2.05, 4.69) is 19.2 Å². The molecule has 0 unspecified atom stereocenters. The van der Waals surface area contributed by atoms with Gasteiger partial charge in [-0.25, -0.2) is 4.79 Å².